The molecule has 0 radical (unpaired) electrons. The molecular weight excluding hydrogens is 386 g/mol. The van der Waals surface area contributed by atoms with Gasteiger partial charge in [-0.25, -0.2) is 4.98 Å². The summed E-state index contributed by atoms with van der Waals surface area (Å²) in [5.41, 5.74) is 3.29. The number of aromatic nitrogens is 1. The molecule has 1 saturated heterocycles. The van der Waals surface area contributed by atoms with Gasteiger partial charge < -0.3 is 19.7 Å². The van der Waals surface area contributed by atoms with Gasteiger partial charge in [0, 0.05) is 35.3 Å². The monoisotopic (exact) mass is 407 g/mol. The van der Waals surface area contributed by atoms with Crippen molar-refractivity contribution >= 4 is 28.1 Å². The Kier molecular flexibility index (Phi) is 4.81. The fourth-order valence-corrected chi connectivity index (χ4v) is 4.48. The highest BCUT2D eigenvalue weighted by atomic mass is 32.1. The van der Waals surface area contributed by atoms with Gasteiger partial charge in [-0.2, -0.15) is 0 Å². The molecule has 0 aliphatic carbocycles. The van der Waals surface area contributed by atoms with Gasteiger partial charge in [0.2, 0.25) is 6.79 Å². The molecule has 3 aromatic rings. The van der Waals surface area contributed by atoms with Gasteiger partial charge in [-0.1, -0.05) is 12.1 Å². The summed E-state index contributed by atoms with van der Waals surface area (Å²) >= 11 is 1.70. The predicted octanol–water partition coefficient (Wildman–Crippen LogP) is 4.78. The number of piperidine rings is 1. The van der Waals surface area contributed by atoms with E-state index in [1.165, 1.54) is 19.3 Å². The summed E-state index contributed by atoms with van der Waals surface area (Å²) in [5.74, 6) is 1.08. The molecule has 7 heteroatoms. The lowest BCUT2D eigenvalue weighted by atomic mass is 10.1. The number of thiazole rings is 1. The molecule has 0 atom stereocenters. The standard InChI is InChI=1S/C22H21N3O3S/c26-21(16-6-9-19-20(12-16)28-14-27-19)23-17-7-4-15(5-8-17)18-13-29-22(24-18)25-10-2-1-3-11-25/h4-9,12-13H,1-3,10-11,14H2,(H,23,26). The molecule has 1 N–H and O–H groups in total. The van der Waals surface area contributed by atoms with Crippen LogP contribution in [0.5, 0.6) is 11.5 Å². The Morgan fingerprint density at radius 1 is 1.00 bits per heavy atom. The molecule has 1 fully saturated rings. The van der Waals surface area contributed by atoms with E-state index in [-0.39, 0.29) is 12.7 Å². The lowest BCUT2D eigenvalue weighted by Gasteiger charge is -2.25. The first-order valence-electron chi connectivity index (χ1n) is 9.78. The fourth-order valence-electron chi connectivity index (χ4n) is 3.59. The summed E-state index contributed by atoms with van der Waals surface area (Å²) in [7, 11) is 0. The van der Waals surface area contributed by atoms with Crippen LogP contribution < -0.4 is 19.7 Å². The third-order valence-corrected chi connectivity index (χ3v) is 6.09. The van der Waals surface area contributed by atoms with Gasteiger partial charge in [-0.05, 0) is 49.6 Å². The summed E-state index contributed by atoms with van der Waals surface area (Å²) in [6.45, 7) is 2.38. The smallest absolute Gasteiger partial charge is 0.255 e. The highest BCUT2D eigenvalue weighted by Gasteiger charge is 2.17. The highest BCUT2D eigenvalue weighted by Crippen LogP contribution is 2.33. The number of fused-ring (bicyclic) bond motifs is 1. The first-order valence-corrected chi connectivity index (χ1v) is 10.7. The van der Waals surface area contributed by atoms with Crippen LogP contribution in [-0.2, 0) is 0 Å². The van der Waals surface area contributed by atoms with Crippen LogP contribution >= 0.6 is 11.3 Å². The molecule has 0 bridgehead atoms. The van der Waals surface area contributed by atoms with Crippen LogP contribution in [0.3, 0.4) is 0 Å². The number of hydrogen-bond donors (Lipinski definition) is 1. The Morgan fingerprint density at radius 2 is 1.79 bits per heavy atom. The van der Waals surface area contributed by atoms with Crippen LogP contribution in [0.4, 0.5) is 10.8 Å². The SMILES string of the molecule is O=C(Nc1ccc(-c2csc(N3CCCCC3)n2)cc1)c1ccc2c(c1)OCO2. The minimum absolute atomic E-state index is 0.183. The third kappa shape index (κ3) is 3.78. The number of nitrogens with zero attached hydrogens (tertiary/aromatic N) is 2. The lowest BCUT2D eigenvalue weighted by molar-refractivity contribution is 0.102. The van der Waals surface area contributed by atoms with Crippen molar-refractivity contribution in [3.05, 3.63) is 53.4 Å². The molecule has 2 aliphatic heterocycles. The topological polar surface area (TPSA) is 63.7 Å². The van der Waals surface area contributed by atoms with E-state index in [1.54, 1.807) is 29.5 Å². The van der Waals surface area contributed by atoms with E-state index in [4.69, 9.17) is 14.5 Å². The number of carbonyl (C=O) groups excluding carboxylic acids is 1. The Bertz CT molecular complexity index is 1030. The zero-order chi connectivity index (χ0) is 19.6. The van der Waals surface area contributed by atoms with E-state index < -0.39 is 0 Å². The van der Waals surface area contributed by atoms with E-state index in [0.29, 0.717) is 17.1 Å². The van der Waals surface area contributed by atoms with Crippen molar-refractivity contribution in [3.8, 4) is 22.8 Å². The molecule has 1 amide bonds. The summed E-state index contributed by atoms with van der Waals surface area (Å²) in [4.78, 5) is 19.7. The van der Waals surface area contributed by atoms with Gasteiger partial charge in [0.25, 0.3) is 5.91 Å². The van der Waals surface area contributed by atoms with Gasteiger partial charge in [-0.15, -0.1) is 11.3 Å². The highest BCUT2D eigenvalue weighted by molar-refractivity contribution is 7.14. The molecule has 1 aromatic heterocycles. The Labute approximate surface area is 173 Å². The second-order valence-electron chi connectivity index (χ2n) is 7.16. The van der Waals surface area contributed by atoms with Crippen molar-refractivity contribution in [1.29, 1.82) is 0 Å². The van der Waals surface area contributed by atoms with Crippen molar-refractivity contribution in [3.63, 3.8) is 0 Å². The molecule has 3 heterocycles. The summed E-state index contributed by atoms with van der Waals surface area (Å²) in [6, 6.07) is 13.0. The van der Waals surface area contributed by atoms with E-state index in [2.05, 4.69) is 15.6 Å². The quantitative estimate of drug-likeness (QED) is 0.674. The Balaban J connectivity index is 1.27. The summed E-state index contributed by atoms with van der Waals surface area (Å²) < 4.78 is 10.6. The largest absolute Gasteiger partial charge is 0.454 e. The number of hydrogen-bond acceptors (Lipinski definition) is 6. The number of rotatable bonds is 4. The van der Waals surface area contributed by atoms with Gasteiger partial charge >= 0.3 is 0 Å². The van der Waals surface area contributed by atoms with Gasteiger partial charge in [0.1, 0.15) is 0 Å². The van der Waals surface area contributed by atoms with E-state index in [1.807, 2.05) is 24.3 Å². The van der Waals surface area contributed by atoms with Gasteiger partial charge in [-0.3, -0.25) is 4.79 Å². The minimum atomic E-state index is -0.183. The Hall–Kier alpha value is -3.06. The maximum absolute atomic E-state index is 12.5. The number of anilines is 2. The summed E-state index contributed by atoms with van der Waals surface area (Å²) in [5, 5.41) is 6.12. The first-order chi connectivity index (χ1) is 14.3. The number of ether oxygens (including phenoxy) is 2. The molecule has 6 nitrogen and oxygen atoms in total. The van der Waals surface area contributed by atoms with Crippen molar-refractivity contribution in [2.75, 3.05) is 30.1 Å². The third-order valence-electron chi connectivity index (χ3n) is 5.19. The zero-order valence-electron chi connectivity index (χ0n) is 15.9. The second-order valence-corrected chi connectivity index (χ2v) is 8.00. The van der Waals surface area contributed by atoms with E-state index in [0.717, 1.165) is 35.2 Å². The van der Waals surface area contributed by atoms with Gasteiger partial charge in [0.05, 0.1) is 5.69 Å². The average molecular weight is 407 g/mol. The van der Waals surface area contributed by atoms with Crippen molar-refractivity contribution in [2.45, 2.75) is 19.3 Å². The van der Waals surface area contributed by atoms with Crippen molar-refractivity contribution in [2.24, 2.45) is 0 Å². The van der Waals surface area contributed by atoms with Crippen LogP contribution in [-0.4, -0.2) is 30.8 Å². The number of carbonyl (C=O) groups is 1. The molecule has 0 spiro atoms. The molecule has 0 saturated carbocycles. The predicted molar refractivity (Wildman–Crippen MR) is 114 cm³/mol. The van der Waals surface area contributed by atoms with E-state index in [9.17, 15) is 4.79 Å². The van der Waals surface area contributed by atoms with Gasteiger partial charge in [0.15, 0.2) is 16.6 Å². The molecular formula is C22H21N3O3S. The molecule has 2 aliphatic rings. The van der Waals surface area contributed by atoms with Crippen LogP contribution in [0.1, 0.15) is 29.6 Å². The van der Waals surface area contributed by atoms with Crippen molar-refractivity contribution in [1.82, 2.24) is 4.98 Å². The maximum Gasteiger partial charge on any atom is 0.255 e. The van der Waals surface area contributed by atoms with E-state index >= 15 is 0 Å². The van der Waals surface area contributed by atoms with Crippen LogP contribution in [0.2, 0.25) is 0 Å². The normalized spacial score (nSPS) is 15.4. The molecule has 148 valence electrons. The number of nitrogens with one attached hydrogen (secondary N) is 1. The van der Waals surface area contributed by atoms with Crippen LogP contribution in [0.15, 0.2) is 47.8 Å². The first kappa shape index (κ1) is 18.0. The Morgan fingerprint density at radius 3 is 2.62 bits per heavy atom. The summed E-state index contributed by atoms with van der Waals surface area (Å²) in [6.07, 6.45) is 3.80. The second kappa shape index (κ2) is 7.75. The molecule has 5 rings (SSSR count). The molecule has 2 aromatic carbocycles. The number of amides is 1. The zero-order valence-corrected chi connectivity index (χ0v) is 16.7. The minimum Gasteiger partial charge on any atom is -0.454 e. The number of benzene rings is 2. The molecule has 29 heavy (non-hydrogen) atoms. The lowest BCUT2D eigenvalue weighted by Crippen LogP contribution is -2.29. The average Bonchev–Trinajstić information content (AvgIpc) is 3.44. The van der Waals surface area contributed by atoms with Crippen molar-refractivity contribution < 1.29 is 14.3 Å². The van der Waals surface area contributed by atoms with Crippen LogP contribution in [0, 0.1) is 0 Å². The molecule has 0 unspecified atom stereocenters. The van der Waals surface area contributed by atoms with Crippen LogP contribution in [0.25, 0.3) is 11.3 Å². The maximum atomic E-state index is 12.5. The fraction of sp³-hybridized carbons (Fsp3) is 0.273.